The smallest absolute Gasteiger partial charge is 0.285 e. The van der Waals surface area contributed by atoms with Crippen molar-refractivity contribution in [3.05, 3.63) is 51.8 Å². The van der Waals surface area contributed by atoms with Crippen LogP contribution < -0.4 is 5.32 Å². The van der Waals surface area contributed by atoms with Crippen molar-refractivity contribution in [2.24, 2.45) is 7.05 Å². The Labute approximate surface area is 181 Å². The van der Waals surface area contributed by atoms with E-state index in [2.05, 4.69) is 10.4 Å². The van der Waals surface area contributed by atoms with Gasteiger partial charge in [0.1, 0.15) is 5.69 Å². The van der Waals surface area contributed by atoms with Gasteiger partial charge >= 0.3 is 0 Å². The molecule has 0 radical (unpaired) electrons. The topological polar surface area (TPSA) is 67.2 Å². The van der Waals surface area contributed by atoms with Crippen LogP contribution in [0.2, 0.25) is 5.02 Å². The van der Waals surface area contributed by atoms with Crippen molar-refractivity contribution in [1.82, 2.24) is 20.0 Å². The van der Waals surface area contributed by atoms with Gasteiger partial charge in [-0.05, 0) is 37.0 Å². The summed E-state index contributed by atoms with van der Waals surface area (Å²) in [6, 6.07) is 7.14. The Bertz CT molecular complexity index is 976. The largest absolute Gasteiger partial charge is 0.347 e. The zero-order chi connectivity index (χ0) is 21.5. The van der Waals surface area contributed by atoms with Crippen LogP contribution in [0, 0.1) is 0 Å². The number of halogens is 3. The number of carbonyl (C=O) groups is 2. The van der Waals surface area contributed by atoms with Crippen molar-refractivity contribution in [2.75, 3.05) is 13.1 Å². The molecule has 1 aliphatic carbocycles. The van der Waals surface area contributed by atoms with Crippen molar-refractivity contribution in [2.45, 2.75) is 36.3 Å². The first-order valence-corrected chi connectivity index (χ1v) is 10.9. The number of nitrogens with zero attached hydrogens (tertiary/aromatic N) is 3. The predicted molar refractivity (Wildman–Crippen MR) is 111 cm³/mol. The van der Waals surface area contributed by atoms with Crippen LogP contribution in [0.3, 0.4) is 0 Å². The van der Waals surface area contributed by atoms with Crippen LogP contribution in [0.1, 0.15) is 44.9 Å². The van der Waals surface area contributed by atoms with Gasteiger partial charge < -0.3 is 10.2 Å². The summed E-state index contributed by atoms with van der Waals surface area (Å²) in [5.41, 5.74) is 2.10. The molecule has 2 amide bonds. The number of aryl methyl sites for hydroxylation is 1. The molecular weight excluding hydrogens is 434 g/mol. The maximum Gasteiger partial charge on any atom is 0.285 e. The van der Waals surface area contributed by atoms with Crippen LogP contribution in [0.4, 0.5) is 8.78 Å². The molecule has 0 spiro atoms. The molecule has 2 heterocycles. The summed E-state index contributed by atoms with van der Waals surface area (Å²) in [6.45, 7) is 0.999. The van der Waals surface area contributed by atoms with Crippen LogP contribution in [0.15, 0.2) is 24.3 Å². The van der Waals surface area contributed by atoms with Gasteiger partial charge in [-0.25, -0.2) is 0 Å². The Morgan fingerprint density at radius 2 is 2.03 bits per heavy atom. The Morgan fingerprint density at radius 3 is 2.67 bits per heavy atom. The second kappa shape index (κ2) is 8.19. The lowest BCUT2D eigenvalue weighted by Crippen LogP contribution is -2.43. The molecule has 6 nitrogen and oxygen atoms in total. The number of hydrogen-bond donors (Lipinski definition) is 1. The molecule has 2 aromatic rings. The second-order valence-corrected chi connectivity index (χ2v) is 9.54. The lowest BCUT2D eigenvalue weighted by molar-refractivity contribution is 0.0724. The fourth-order valence-corrected chi connectivity index (χ4v) is 4.83. The molecule has 2 aliphatic rings. The van der Waals surface area contributed by atoms with Gasteiger partial charge in [-0.2, -0.15) is 13.9 Å². The molecule has 0 saturated heterocycles. The zero-order valence-corrected chi connectivity index (χ0v) is 17.9. The van der Waals surface area contributed by atoms with Gasteiger partial charge in [0.25, 0.3) is 17.6 Å². The summed E-state index contributed by atoms with van der Waals surface area (Å²) < 4.78 is 26.5. The molecule has 1 N–H and O–H groups in total. The Hall–Kier alpha value is -2.13. The zero-order valence-electron chi connectivity index (χ0n) is 16.3. The van der Waals surface area contributed by atoms with E-state index in [1.165, 1.54) is 4.68 Å². The minimum absolute atomic E-state index is 0.234. The van der Waals surface area contributed by atoms with E-state index in [0.29, 0.717) is 66.9 Å². The van der Waals surface area contributed by atoms with E-state index in [4.69, 9.17) is 11.6 Å². The number of fused-ring (bicyclic) bond motifs is 1. The molecule has 0 atom stereocenters. The van der Waals surface area contributed by atoms with E-state index in [1.807, 2.05) is 12.1 Å². The summed E-state index contributed by atoms with van der Waals surface area (Å²) in [7, 11) is 1.62. The van der Waals surface area contributed by atoms with Crippen LogP contribution in [0.25, 0.3) is 0 Å². The number of rotatable bonds is 7. The molecule has 0 bridgehead atoms. The lowest BCUT2D eigenvalue weighted by Gasteiger charge is -2.30. The summed E-state index contributed by atoms with van der Waals surface area (Å²) >= 11 is 6.51. The van der Waals surface area contributed by atoms with Gasteiger partial charge in [0.15, 0.2) is 5.69 Å². The highest BCUT2D eigenvalue weighted by Crippen LogP contribution is 2.51. The SMILES string of the molecule is Cn1nc(C(=O)NCc2ccc(Cl)cc2)c2c1C(=O)N(CC1(SC(F)F)CC1)CC2. The van der Waals surface area contributed by atoms with Crippen molar-refractivity contribution >= 4 is 35.2 Å². The number of carbonyl (C=O) groups excluding carboxylic acids is 2. The summed E-state index contributed by atoms with van der Waals surface area (Å²) in [4.78, 5) is 27.3. The molecule has 1 fully saturated rings. The number of aromatic nitrogens is 2. The van der Waals surface area contributed by atoms with E-state index >= 15 is 0 Å². The second-order valence-electron chi connectivity index (χ2n) is 7.65. The molecule has 1 aliphatic heterocycles. The normalized spacial score (nSPS) is 17.2. The van der Waals surface area contributed by atoms with Crippen LogP contribution in [0.5, 0.6) is 0 Å². The van der Waals surface area contributed by atoms with Crippen molar-refractivity contribution in [1.29, 1.82) is 0 Å². The fourth-order valence-electron chi connectivity index (χ4n) is 3.76. The van der Waals surface area contributed by atoms with Gasteiger partial charge in [0, 0.05) is 42.0 Å². The quantitative estimate of drug-likeness (QED) is 0.695. The fraction of sp³-hybridized carbons (Fsp3) is 0.450. The molecule has 1 aromatic heterocycles. The van der Waals surface area contributed by atoms with Gasteiger partial charge in [-0.15, -0.1) is 0 Å². The van der Waals surface area contributed by atoms with Gasteiger partial charge in [-0.1, -0.05) is 35.5 Å². The number of nitrogens with one attached hydrogen (secondary N) is 1. The first kappa shape index (κ1) is 21.1. The lowest BCUT2D eigenvalue weighted by atomic mass is 10.0. The average Bonchev–Trinajstić information content (AvgIpc) is 3.35. The maximum absolute atomic E-state index is 13.0. The number of thioether (sulfide) groups is 1. The minimum Gasteiger partial charge on any atom is -0.347 e. The number of hydrogen-bond acceptors (Lipinski definition) is 4. The van der Waals surface area contributed by atoms with Crippen LogP contribution >= 0.6 is 23.4 Å². The third kappa shape index (κ3) is 4.32. The predicted octanol–water partition coefficient (Wildman–Crippen LogP) is 3.49. The van der Waals surface area contributed by atoms with E-state index in [0.717, 1.165) is 5.56 Å². The van der Waals surface area contributed by atoms with E-state index in [-0.39, 0.29) is 17.5 Å². The third-order valence-corrected chi connectivity index (χ3v) is 6.94. The third-order valence-electron chi connectivity index (χ3n) is 5.47. The Balaban J connectivity index is 1.46. The highest BCUT2D eigenvalue weighted by atomic mass is 35.5. The number of benzene rings is 1. The number of amides is 2. The van der Waals surface area contributed by atoms with E-state index in [9.17, 15) is 18.4 Å². The van der Waals surface area contributed by atoms with Gasteiger partial charge in [-0.3, -0.25) is 14.3 Å². The first-order valence-electron chi connectivity index (χ1n) is 9.62. The molecule has 10 heteroatoms. The van der Waals surface area contributed by atoms with Crippen LogP contribution in [-0.4, -0.2) is 50.1 Å². The monoisotopic (exact) mass is 454 g/mol. The highest BCUT2D eigenvalue weighted by molar-refractivity contribution is 8.01. The molecule has 1 saturated carbocycles. The molecule has 160 valence electrons. The van der Waals surface area contributed by atoms with E-state index in [1.54, 1.807) is 24.1 Å². The molecule has 30 heavy (non-hydrogen) atoms. The van der Waals surface area contributed by atoms with Crippen molar-refractivity contribution < 1.29 is 18.4 Å². The summed E-state index contributed by atoms with van der Waals surface area (Å²) in [5, 5.41) is 7.72. The molecular formula is C20H21ClF2N4O2S. The average molecular weight is 455 g/mol. The van der Waals surface area contributed by atoms with Gasteiger partial charge in [0.2, 0.25) is 0 Å². The number of alkyl halides is 2. The highest BCUT2D eigenvalue weighted by Gasteiger charge is 2.48. The minimum atomic E-state index is -2.45. The molecule has 4 rings (SSSR count). The maximum atomic E-state index is 13.0. The first-order chi connectivity index (χ1) is 14.3. The van der Waals surface area contributed by atoms with E-state index < -0.39 is 10.5 Å². The summed E-state index contributed by atoms with van der Waals surface area (Å²) in [6.07, 6.45) is 1.83. The molecule has 0 unspecified atom stereocenters. The Morgan fingerprint density at radius 1 is 1.33 bits per heavy atom. The standard InChI is InChI=1S/C20H21ClF2N4O2S/c1-26-16-14(6-9-27(18(16)29)11-20(7-8-20)30-19(22)23)15(25-26)17(28)24-10-12-2-4-13(21)5-3-12/h2-5,19H,6-11H2,1H3,(H,24,28). The van der Waals surface area contributed by atoms with Crippen LogP contribution in [-0.2, 0) is 20.0 Å². The molecule has 1 aromatic carbocycles. The van der Waals surface area contributed by atoms with Gasteiger partial charge in [0.05, 0.1) is 0 Å². The summed E-state index contributed by atoms with van der Waals surface area (Å²) in [5.74, 6) is -3.06. The van der Waals surface area contributed by atoms with Crippen molar-refractivity contribution in [3.63, 3.8) is 0 Å². The van der Waals surface area contributed by atoms with Crippen molar-refractivity contribution in [3.8, 4) is 0 Å². The Kier molecular flexibility index (Phi) is 5.76.